The summed E-state index contributed by atoms with van der Waals surface area (Å²) in [6.07, 6.45) is -0.0283. The minimum Gasteiger partial charge on any atom is -0.481 e. The van der Waals surface area contributed by atoms with Crippen LogP contribution in [0.4, 0.5) is 0 Å². The van der Waals surface area contributed by atoms with Crippen molar-refractivity contribution < 1.29 is 9.90 Å². The van der Waals surface area contributed by atoms with Crippen molar-refractivity contribution in [1.29, 1.82) is 0 Å². The van der Waals surface area contributed by atoms with E-state index in [4.69, 9.17) is 51.5 Å². The van der Waals surface area contributed by atoms with Crippen LogP contribution in [0.2, 0.25) is 0 Å². The molecule has 0 aromatic carbocycles. The molecule has 12 heavy (non-hydrogen) atoms. The molecule has 0 amide bonds. The van der Waals surface area contributed by atoms with Gasteiger partial charge in [0.1, 0.15) is 4.33 Å². The van der Waals surface area contributed by atoms with Gasteiger partial charge in [-0.05, 0) is 6.42 Å². The Morgan fingerprint density at radius 3 is 2.33 bits per heavy atom. The SMILES string of the molecule is O=C(O)CCC(Cl)(Cl)C(Cl)CCl. The molecule has 0 fully saturated rings. The number of hydrogen-bond donors (Lipinski definition) is 1. The van der Waals surface area contributed by atoms with Crippen molar-refractivity contribution in [2.24, 2.45) is 0 Å². The number of carboxylic acid groups (broad SMARTS) is 1. The minimum atomic E-state index is -1.26. The predicted molar refractivity (Wildman–Crippen MR) is 51.7 cm³/mol. The molecule has 0 bridgehead atoms. The second-order valence-corrected chi connectivity index (χ2v) is 4.65. The van der Waals surface area contributed by atoms with Crippen molar-refractivity contribution in [3.63, 3.8) is 0 Å². The molecule has 0 aliphatic carbocycles. The molecule has 2 nitrogen and oxygen atoms in total. The van der Waals surface area contributed by atoms with Crippen molar-refractivity contribution >= 4 is 52.4 Å². The molecule has 1 unspecified atom stereocenters. The molecule has 72 valence electrons. The molecule has 0 aliphatic heterocycles. The maximum atomic E-state index is 10.2. The lowest BCUT2D eigenvalue weighted by molar-refractivity contribution is -0.137. The largest absolute Gasteiger partial charge is 0.481 e. The lowest BCUT2D eigenvalue weighted by Gasteiger charge is -2.22. The predicted octanol–water partition coefficient (Wildman–Crippen LogP) is 2.87. The van der Waals surface area contributed by atoms with Crippen LogP contribution in [0.15, 0.2) is 0 Å². The summed E-state index contributed by atoms with van der Waals surface area (Å²) >= 11 is 22.5. The molecule has 0 spiro atoms. The molecule has 1 atom stereocenters. The van der Waals surface area contributed by atoms with Crippen LogP contribution in [0.25, 0.3) is 0 Å². The Hall–Kier alpha value is 0.630. The first-order valence-corrected chi connectivity index (χ1v) is 4.92. The Kier molecular flexibility index (Phi) is 5.66. The second kappa shape index (κ2) is 5.38. The van der Waals surface area contributed by atoms with Crippen LogP contribution in [0.3, 0.4) is 0 Å². The molecule has 0 rings (SSSR count). The highest BCUT2D eigenvalue weighted by molar-refractivity contribution is 6.53. The molecule has 0 aromatic rings. The minimum absolute atomic E-state index is 0.0896. The van der Waals surface area contributed by atoms with E-state index in [1.54, 1.807) is 0 Å². The molecule has 1 N–H and O–H groups in total. The highest BCUT2D eigenvalue weighted by atomic mass is 35.5. The van der Waals surface area contributed by atoms with E-state index < -0.39 is 15.7 Å². The van der Waals surface area contributed by atoms with Gasteiger partial charge in [0.25, 0.3) is 0 Å². The van der Waals surface area contributed by atoms with Crippen LogP contribution < -0.4 is 0 Å². The zero-order valence-corrected chi connectivity index (χ0v) is 9.09. The maximum Gasteiger partial charge on any atom is 0.303 e. The van der Waals surface area contributed by atoms with Crippen molar-refractivity contribution in [2.75, 3.05) is 5.88 Å². The maximum absolute atomic E-state index is 10.2. The van der Waals surface area contributed by atoms with E-state index in [1.165, 1.54) is 0 Å². The summed E-state index contributed by atoms with van der Waals surface area (Å²) in [6, 6.07) is 0. The van der Waals surface area contributed by atoms with E-state index in [-0.39, 0.29) is 18.7 Å². The summed E-state index contributed by atoms with van der Waals surface area (Å²) in [4.78, 5) is 10.2. The van der Waals surface area contributed by atoms with Crippen LogP contribution in [0.5, 0.6) is 0 Å². The van der Waals surface area contributed by atoms with Crippen molar-refractivity contribution in [3.8, 4) is 0 Å². The molecule has 0 heterocycles. The monoisotopic (exact) mass is 252 g/mol. The average Bonchev–Trinajstić information content (AvgIpc) is 1.99. The zero-order chi connectivity index (χ0) is 9.78. The topological polar surface area (TPSA) is 37.3 Å². The highest BCUT2D eigenvalue weighted by Crippen LogP contribution is 2.34. The van der Waals surface area contributed by atoms with Gasteiger partial charge in [-0.3, -0.25) is 4.79 Å². The van der Waals surface area contributed by atoms with Gasteiger partial charge in [0.15, 0.2) is 0 Å². The normalized spacial score (nSPS) is 14.3. The number of hydrogen-bond acceptors (Lipinski definition) is 1. The van der Waals surface area contributed by atoms with E-state index in [9.17, 15) is 4.79 Å². The molecular formula is C6H8Cl4O2. The van der Waals surface area contributed by atoms with E-state index in [1.807, 2.05) is 0 Å². The van der Waals surface area contributed by atoms with Gasteiger partial charge >= 0.3 is 5.97 Å². The smallest absolute Gasteiger partial charge is 0.303 e. The van der Waals surface area contributed by atoms with E-state index in [0.29, 0.717) is 0 Å². The second-order valence-electron chi connectivity index (χ2n) is 2.28. The van der Waals surface area contributed by atoms with Gasteiger partial charge in [0, 0.05) is 12.3 Å². The van der Waals surface area contributed by atoms with Gasteiger partial charge in [0.2, 0.25) is 0 Å². The van der Waals surface area contributed by atoms with Gasteiger partial charge in [-0.15, -0.1) is 23.2 Å². The first kappa shape index (κ1) is 12.6. The Labute approximate surface area is 90.7 Å². The lowest BCUT2D eigenvalue weighted by atomic mass is 10.2. The quantitative estimate of drug-likeness (QED) is 0.766. The van der Waals surface area contributed by atoms with Crippen LogP contribution in [-0.2, 0) is 4.79 Å². The first-order valence-electron chi connectivity index (χ1n) is 3.20. The van der Waals surface area contributed by atoms with E-state index >= 15 is 0 Å². The van der Waals surface area contributed by atoms with Crippen molar-refractivity contribution in [1.82, 2.24) is 0 Å². The summed E-state index contributed by atoms with van der Waals surface area (Å²) in [7, 11) is 0. The van der Waals surface area contributed by atoms with Gasteiger partial charge in [0.05, 0.1) is 5.38 Å². The lowest BCUT2D eigenvalue weighted by Crippen LogP contribution is -2.28. The van der Waals surface area contributed by atoms with E-state index in [0.717, 1.165) is 0 Å². The zero-order valence-electron chi connectivity index (χ0n) is 6.07. The summed E-state index contributed by atoms with van der Waals surface area (Å²) in [6.45, 7) is 0. The number of rotatable bonds is 5. The molecule has 0 aromatic heterocycles. The average molecular weight is 254 g/mol. The number of aliphatic carboxylic acids is 1. The van der Waals surface area contributed by atoms with Crippen LogP contribution in [0.1, 0.15) is 12.8 Å². The number of alkyl halides is 4. The molecule has 0 saturated heterocycles. The van der Waals surface area contributed by atoms with Crippen molar-refractivity contribution in [2.45, 2.75) is 22.6 Å². The van der Waals surface area contributed by atoms with Gasteiger partial charge in [-0.25, -0.2) is 0 Å². The standard InChI is InChI=1S/C6H8Cl4O2/c7-3-4(8)6(9,10)2-1-5(11)12/h4H,1-3H2,(H,11,12). The highest BCUT2D eigenvalue weighted by Gasteiger charge is 2.33. The Balaban J connectivity index is 3.94. The Morgan fingerprint density at radius 2 is 2.00 bits per heavy atom. The fraction of sp³-hybridized carbons (Fsp3) is 0.833. The third kappa shape index (κ3) is 4.61. The Morgan fingerprint density at radius 1 is 1.50 bits per heavy atom. The number of carbonyl (C=O) groups is 1. The number of carboxylic acids is 1. The number of halogens is 4. The van der Waals surface area contributed by atoms with Crippen molar-refractivity contribution in [3.05, 3.63) is 0 Å². The molecule has 0 aliphatic rings. The third-order valence-corrected chi connectivity index (χ3v) is 3.39. The molecule has 0 saturated carbocycles. The van der Waals surface area contributed by atoms with Gasteiger partial charge < -0.3 is 5.11 Å². The summed E-state index contributed by atoms with van der Waals surface area (Å²) < 4.78 is -1.26. The van der Waals surface area contributed by atoms with Gasteiger partial charge in [-0.2, -0.15) is 0 Å². The Bertz CT molecular complexity index is 160. The van der Waals surface area contributed by atoms with E-state index in [2.05, 4.69) is 0 Å². The third-order valence-electron chi connectivity index (χ3n) is 1.27. The molecular weight excluding hydrogens is 246 g/mol. The van der Waals surface area contributed by atoms with Gasteiger partial charge in [-0.1, -0.05) is 23.2 Å². The summed E-state index contributed by atoms with van der Waals surface area (Å²) in [5, 5.41) is 7.70. The summed E-state index contributed by atoms with van der Waals surface area (Å²) in [5.74, 6) is -0.868. The fourth-order valence-corrected chi connectivity index (χ4v) is 1.42. The molecule has 6 heteroatoms. The van der Waals surface area contributed by atoms with Crippen LogP contribution in [-0.4, -0.2) is 26.7 Å². The summed E-state index contributed by atoms with van der Waals surface area (Å²) in [5.41, 5.74) is 0. The van der Waals surface area contributed by atoms with Crippen LogP contribution >= 0.6 is 46.4 Å². The molecule has 0 radical (unpaired) electrons. The first-order chi connectivity index (χ1) is 5.40. The fourth-order valence-electron chi connectivity index (χ4n) is 0.543. The van der Waals surface area contributed by atoms with Crippen LogP contribution in [0, 0.1) is 0 Å².